The molecular formula is C21H22FN3O3. The summed E-state index contributed by atoms with van der Waals surface area (Å²) in [7, 11) is 1.69. The van der Waals surface area contributed by atoms with Gasteiger partial charge < -0.3 is 14.2 Å². The van der Waals surface area contributed by atoms with E-state index in [1.807, 2.05) is 31.2 Å². The highest BCUT2D eigenvalue weighted by Gasteiger charge is 2.14. The van der Waals surface area contributed by atoms with Gasteiger partial charge in [-0.3, -0.25) is 4.79 Å². The molecule has 0 N–H and O–H groups in total. The predicted molar refractivity (Wildman–Crippen MR) is 102 cm³/mol. The monoisotopic (exact) mass is 383 g/mol. The Morgan fingerprint density at radius 2 is 2.00 bits per heavy atom. The van der Waals surface area contributed by atoms with E-state index >= 15 is 0 Å². The Balaban J connectivity index is 1.54. The third-order valence-corrected chi connectivity index (χ3v) is 4.18. The first-order valence-corrected chi connectivity index (χ1v) is 9.09. The van der Waals surface area contributed by atoms with Crippen LogP contribution in [-0.2, 0) is 17.8 Å². The van der Waals surface area contributed by atoms with Crippen molar-refractivity contribution >= 4 is 5.91 Å². The molecule has 3 rings (SSSR count). The number of hydrogen-bond donors (Lipinski definition) is 0. The maximum Gasteiger partial charge on any atom is 0.227 e. The van der Waals surface area contributed by atoms with E-state index in [9.17, 15) is 9.18 Å². The van der Waals surface area contributed by atoms with Crippen LogP contribution in [0.2, 0.25) is 0 Å². The Labute approximate surface area is 162 Å². The van der Waals surface area contributed by atoms with Gasteiger partial charge in [0.15, 0.2) is 0 Å². The first kappa shape index (κ1) is 19.5. The summed E-state index contributed by atoms with van der Waals surface area (Å²) >= 11 is 0. The molecule has 0 atom stereocenters. The Hall–Kier alpha value is -3.22. The molecule has 1 aromatic heterocycles. The van der Waals surface area contributed by atoms with E-state index in [-0.39, 0.29) is 18.1 Å². The van der Waals surface area contributed by atoms with Gasteiger partial charge in [0.2, 0.25) is 17.6 Å². The van der Waals surface area contributed by atoms with Gasteiger partial charge in [-0.05, 0) is 48.9 Å². The molecule has 0 saturated carbocycles. The lowest BCUT2D eigenvalue weighted by atomic mass is 10.2. The second kappa shape index (κ2) is 9.12. The number of benzene rings is 2. The summed E-state index contributed by atoms with van der Waals surface area (Å²) in [5.41, 5.74) is 1.56. The molecule has 0 spiro atoms. The summed E-state index contributed by atoms with van der Waals surface area (Å²) in [5, 5.41) is 3.97. The molecule has 2 aromatic carbocycles. The highest BCUT2D eigenvalue weighted by Crippen LogP contribution is 2.20. The normalized spacial score (nSPS) is 10.7. The van der Waals surface area contributed by atoms with Crippen LogP contribution in [0.15, 0.2) is 53.1 Å². The summed E-state index contributed by atoms with van der Waals surface area (Å²) < 4.78 is 23.9. The molecule has 0 saturated heterocycles. The fourth-order valence-corrected chi connectivity index (χ4v) is 2.74. The zero-order valence-corrected chi connectivity index (χ0v) is 15.9. The lowest BCUT2D eigenvalue weighted by molar-refractivity contribution is -0.130. The molecule has 6 nitrogen and oxygen atoms in total. The van der Waals surface area contributed by atoms with E-state index in [2.05, 4.69) is 10.1 Å². The molecule has 7 heteroatoms. The van der Waals surface area contributed by atoms with Gasteiger partial charge in [-0.15, -0.1) is 0 Å². The number of rotatable bonds is 8. The Kier molecular flexibility index (Phi) is 6.37. The highest BCUT2D eigenvalue weighted by atomic mass is 19.1. The van der Waals surface area contributed by atoms with Crippen molar-refractivity contribution < 1.29 is 18.4 Å². The van der Waals surface area contributed by atoms with Crippen molar-refractivity contribution in [2.45, 2.75) is 26.3 Å². The molecule has 0 radical (unpaired) electrons. The molecule has 1 amide bonds. The predicted octanol–water partition coefficient (Wildman–Crippen LogP) is 3.87. The summed E-state index contributed by atoms with van der Waals surface area (Å²) in [6.07, 6.45) is 0.576. The number of aromatic nitrogens is 2. The van der Waals surface area contributed by atoms with Gasteiger partial charge in [0.1, 0.15) is 11.6 Å². The van der Waals surface area contributed by atoms with Crippen molar-refractivity contribution in [3.8, 4) is 17.1 Å². The molecule has 0 aliphatic carbocycles. The number of carbonyl (C=O) groups is 1. The minimum absolute atomic E-state index is 0.0786. The molecule has 0 aliphatic heterocycles. The summed E-state index contributed by atoms with van der Waals surface area (Å²) in [6.45, 7) is 2.88. The lowest BCUT2D eigenvalue weighted by Gasteiger charge is -2.16. The minimum Gasteiger partial charge on any atom is -0.494 e. The first-order chi connectivity index (χ1) is 13.5. The van der Waals surface area contributed by atoms with Crippen LogP contribution >= 0.6 is 0 Å². The summed E-state index contributed by atoms with van der Waals surface area (Å²) in [4.78, 5) is 18.2. The second-order valence-corrected chi connectivity index (χ2v) is 6.35. The second-order valence-electron chi connectivity index (χ2n) is 6.35. The number of halogens is 1. The van der Waals surface area contributed by atoms with Crippen LogP contribution < -0.4 is 4.74 Å². The van der Waals surface area contributed by atoms with Gasteiger partial charge in [-0.2, -0.15) is 4.98 Å². The van der Waals surface area contributed by atoms with Crippen LogP contribution in [0.25, 0.3) is 11.4 Å². The van der Waals surface area contributed by atoms with Gasteiger partial charge in [0.05, 0.1) is 6.61 Å². The van der Waals surface area contributed by atoms with E-state index in [4.69, 9.17) is 9.26 Å². The largest absolute Gasteiger partial charge is 0.494 e. The van der Waals surface area contributed by atoms with Crippen LogP contribution in [-0.4, -0.2) is 34.6 Å². The van der Waals surface area contributed by atoms with Crippen molar-refractivity contribution in [3.63, 3.8) is 0 Å². The van der Waals surface area contributed by atoms with E-state index in [1.165, 1.54) is 12.1 Å². The zero-order chi connectivity index (χ0) is 19.9. The number of ether oxygens (including phenoxy) is 1. The summed E-state index contributed by atoms with van der Waals surface area (Å²) in [6, 6.07) is 13.6. The third-order valence-electron chi connectivity index (χ3n) is 4.18. The SMILES string of the molecule is CCOc1ccc(-c2noc(CCC(=O)N(C)Cc3cccc(F)c3)n2)cc1. The van der Waals surface area contributed by atoms with Crippen LogP contribution in [0, 0.1) is 5.82 Å². The topological polar surface area (TPSA) is 68.5 Å². The third kappa shape index (κ3) is 5.16. The lowest BCUT2D eigenvalue weighted by Crippen LogP contribution is -2.26. The number of nitrogens with zero attached hydrogens (tertiary/aromatic N) is 3. The van der Waals surface area contributed by atoms with Gasteiger partial charge in [-0.25, -0.2) is 4.39 Å². The van der Waals surface area contributed by atoms with Crippen molar-refractivity contribution in [2.24, 2.45) is 0 Å². The van der Waals surface area contributed by atoms with Gasteiger partial charge in [0.25, 0.3) is 0 Å². The number of carbonyl (C=O) groups excluding carboxylic acids is 1. The number of amides is 1. The number of hydrogen-bond acceptors (Lipinski definition) is 5. The molecule has 0 aliphatic rings. The quantitative estimate of drug-likeness (QED) is 0.591. The van der Waals surface area contributed by atoms with Crippen molar-refractivity contribution in [1.82, 2.24) is 15.0 Å². The molecule has 0 fully saturated rings. The zero-order valence-electron chi connectivity index (χ0n) is 15.9. The minimum atomic E-state index is -0.314. The maximum atomic E-state index is 13.3. The molecule has 1 heterocycles. The Morgan fingerprint density at radius 3 is 2.71 bits per heavy atom. The average Bonchev–Trinajstić information content (AvgIpc) is 3.16. The number of aryl methyl sites for hydroxylation is 1. The van der Waals surface area contributed by atoms with Gasteiger partial charge in [0, 0.05) is 32.0 Å². The highest BCUT2D eigenvalue weighted by molar-refractivity contribution is 5.76. The fraction of sp³-hybridized carbons (Fsp3) is 0.286. The van der Waals surface area contributed by atoms with Gasteiger partial charge >= 0.3 is 0 Å². The van der Waals surface area contributed by atoms with Gasteiger partial charge in [-0.1, -0.05) is 17.3 Å². The molecular weight excluding hydrogens is 361 g/mol. The molecule has 0 unspecified atom stereocenters. The Bertz CT molecular complexity index is 925. The molecule has 3 aromatic rings. The van der Waals surface area contributed by atoms with Crippen molar-refractivity contribution in [2.75, 3.05) is 13.7 Å². The van der Waals surface area contributed by atoms with E-state index in [0.717, 1.165) is 16.9 Å². The molecule has 0 bridgehead atoms. The van der Waals surface area contributed by atoms with Crippen LogP contribution in [0.4, 0.5) is 4.39 Å². The van der Waals surface area contributed by atoms with Crippen molar-refractivity contribution in [1.29, 1.82) is 0 Å². The van der Waals surface area contributed by atoms with E-state index < -0.39 is 0 Å². The van der Waals surface area contributed by atoms with Crippen LogP contribution in [0.5, 0.6) is 5.75 Å². The fourth-order valence-electron chi connectivity index (χ4n) is 2.74. The first-order valence-electron chi connectivity index (χ1n) is 9.09. The van der Waals surface area contributed by atoms with E-state index in [1.54, 1.807) is 24.1 Å². The summed E-state index contributed by atoms with van der Waals surface area (Å²) in [5.74, 6) is 1.26. The van der Waals surface area contributed by atoms with Crippen LogP contribution in [0.1, 0.15) is 24.8 Å². The Morgan fingerprint density at radius 1 is 1.21 bits per heavy atom. The molecule has 146 valence electrons. The smallest absolute Gasteiger partial charge is 0.227 e. The average molecular weight is 383 g/mol. The standard InChI is InChI=1S/C21H22FN3O3/c1-3-27-18-9-7-16(8-10-18)21-23-19(28-24-21)11-12-20(26)25(2)14-15-5-4-6-17(22)13-15/h4-10,13H,3,11-12,14H2,1-2H3. The molecule has 28 heavy (non-hydrogen) atoms. The van der Waals surface area contributed by atoms with Crippen molar-refractivity contribution in [3.05, 3.63) is 65.8 Å². The maximum absolute atomic E-state index is 13.3. The van der Waals surface area contributed by atoms with E-state index in [0.29, 0.717) is 31.3 Å². The van der Waals surface area contributed by atoms with Crippen LogP contribution in [0.3, 0.4) is 0 Å².